The molecule has 0 radical (unpaired) electrons. The normalized spacial score (nSPS) is 11.7. The molecule has 3 N–H and O–H groups in total. The van der Waals surface area contributed by atoms with Gasteiger partial charge >= 0.3 is 0 Å². The molecule has 0 aromatic carbocycles. The Morgan fingerprint density at radius 1 is 1.41 bits per heavy atom. The molecule has 0 bridgehead atoms. The predicted octanol–water partition coefficient (Wildman–Crippen LogP) is 1.37. The minimum absolute atomic E-state index is 0.543. The van der Waals surface area contributed by atoms with Gasteiger partial charge in [-0.15, -0.1) is 0 Å². The van der Waals surface area contributed by atoms with Crippen LogP contribution in [0.5, 0.6) is 0 Å². The third-order valence-corrected chi connectivity index (χ3v) is 2.53. The van der Waals surface area contributed by atoms with Crippen molar-refractivity contribution >= 4 is 5.96 Å². The number of unbranched alkanes of at least 4 members (excludes halogenated alkanes) is 3. The molecule has 5 heteroatoms. The fraction of sp³-hybridized carbons (Fsp3) is 0.667. The van der Waals surface area contributed by atoms with Crippen molar-refractivity contribution in [3.63, 3.8) is 0 Å². The fourth-order valence-corrected chi connectivity index (χ4v) is 1.53. The van der Waals surface area contributed by atoms with Crippen LogP contribution in [0.15, 0.2) is 23.7 Å². The molecule has 1 rings (SSSR count). The number of aromatic nitrogens is 2. The van der Waals surface area contributed by atoms with Crippen molar-refractivity contribution in [2.24, 2.45) is 10.7 Å². The second-order valence-corrected chi connectivity index (χ2v) is 4.05. The first-order chi connectivity index (χ1) is 8.33. The van der Waals surface area contributed by atoms with Crippen LogP contribution in [0.25, 0.3) is 0 Å². The zero-order chi connectivity index (χ0) is 12.3. The topological polar surface area (TPSA) is 68.2 Å². The lowest BCUT2D eigenvalue weighted by Crippen LogP contribution is -2.34. The van der Waals surface area contributed by atoms with Crippen molar-refractivity contribution in [3.05, 3.63) is 18.7 Å². The Hall–Kier alpha value is -1.52. The highest BCUT2D eigenvalue weighted by Gasteiger charge is 1.92. The SMILES string of the molecule is CCCCCCN=C(N)NCCn1ccnc1. The van der Waals surface area contributed by atoms with Crippen molar-refractivity contribution in [3.8, 4) is 0 Å². The van der Waals surface area contributed by atoms with E-state index in [2.05, 4.69) is 22.2 Å². The van der Waals surface area contributed by atoms with E-state index in [4.69, 9.17) is 5.73 Å². The molecule has 0 aliphatic carbocycles. The number of nitrogens with zero attached hydrogens (tertiary/aromatic N) is 3. The van der Waals surface area contributed by atoms with Gasteiger partial charge in [-0.1, -0.05) is 26.2 Å². The number of rotatable bonds is 8. The van der Waals surface area contributed by atoms with Gasteiger partial charge in [0.1, 0.15) is 0 Å². The number of aliphatic imine (C=N–C) groups is 1. The second-order valence-electron chi connectivity index (χ2n) is 4.05. The highest BCUT2D eigenvalue weighted by atomic mass is 15.1. The standard InChI is InChI=1S/C12H23N5/c1-2-3-4-5-6-15-12(13)16-8-10-17-9-7-14-11-17/h7,9,11H,2-6,8,10H2,1H3,(H3,13,15,16). The Balaban J connectivity index is 2.03. The third-order valence-electron chi connectivity index (χ3n) is 2.53. The molecule has 0 amide bonds. The Morgan fingerprint density at radius 2 is 2.29 bits per heavy atom. The molecule has 5 nitrogen and oxygen atoms in total. The van der Waals surface area contributed by atoms with E-state index in [1.54, 1.807) is 12.5 Å². The summed E-state index contributed by atoms with van der Waals surface area (Å²) in [5.41, 5.74) is 5.74. The predicted molar refractivity (Wildman–Crippen MR) is 70.9 cm³/mol. The number of imidazole rings is 1. The zero-order valence-corrected chi connectivity index (χ0v) is 10.6. The summed E-state index contributed by atoms with van der Waals surface area (Å²) in [4.78, 5) is 8.24. The summed E-state index contributed by atoms with van der Waals surface area (Å²) >= 11 is 0. The van der Waals surface area contributed by atoms with Crippen LogP contribution in [0.2, 0.25) is 0 Å². The van der Waals surface area contributed by atoms with Crippen molar-refractivity contribution in [1.82, 2.24) is 14.9 Å². The van der Waals surface area contributed by atoms with E-state index >= 15 is 0 Å². The molecular formula is C12H23N5. The summed E-state index contributed by atoms with van der Waals surface area (Å²) < 4.78 is 2.00. The largest absolute Gasteiger partial charge is 0.370 e. The summed E-state index contributed by atoms with van der Waals surface area (Å²) in [6.07, 6.45) is 10.4. The summed E-state index contributed by atoms with van der Waals surface area (Å²) in [5, 5.41) is 3.09. The lowest BCUT2D eigenvalue weighted by molar-refractivity contribution is 0.660. The quantitative estimate of drug-likeness (QED) is 0.407. The molecule has 0 fully saturated rings. The van der Waals surface area contributed by atoms with Crippen molar-refractivity contribution in [2.75, 3.05) is 13.1 Å². The highest BCUT2D eigenvalue weighted by Crippen LogP contribution is 1.98. The number of nitrogens with two attached hydrogens (primary N) is 1. The minimum atomic E-state index is 0.543. The van der Waals surface area contributed by atoms with Gasteiger partial charge in [0.05, 0.1) is 6.33 Å². The molecule has 0 saturated carbocycles. The fourth-order valence-electron chi connectivity index (χ4n) is 1.53. The molecular weight excluding hydrogens is 214 g/mol. The van der Waals surface area contributed by atoms with Gasteiger partial charge in [-0.2, -0.15) is 0 Å². The van der Waals surface area contributed by atoms with E-state index < -0.39 is 0 Å². The van der Waals surface area contributed by atoms with Crippen LogP contribution in [0.4, 0.5) is 0 Å². The second kappa shape index (κ2) is 8.61. The zero-order valence-electron chi connectivity index (χ0n) is 10.6. The van der Waals surface area contributed by atoms with Crippen molar-refractivity contribution < 1.29 is 0 Å². The van der Waals surface area contributed by atoms with Crippen LogP contribution in [0.1, 0.15) is 32.6 Å². The molecule has 0 aliphatic rings. The van der Waals surface area contributed by atoms with Crippen LogP contribution in [0.3, 0.4) is 0 Å². The van der Waals surface area contributed by atoms with Gasteiger partial charge < -0.3 is 15.6 Å². The smallest absolute Gasteiger partial charge is 0.188 e. The number of hydrogen-bond acceptors (Lipinski definition) is 2. The molecule has 1 heterocycles. The monoisotopic (exact) mass is 237 g/mol. The maximum atomic E-state index is 5.74. The molecule has 0 spiro atoms. The number of hydrogen-bond donors (Lipinski definition) is 2. The Kier molecular flexibility index (Phi) is 6.86. The van der Waals surface area contributed by atoms with E-state index in [-0.39, 0.29) is 0 Å². The molecule has 0 aliphatic heterocycles. The first-order valence-electron chi connectivity index (χ1n) is 6.32. The first kappa shape index (κ1) is 13.5. The maximum absolute atomic E-state index is 5.74. The van der Waals surface area contributed by atoms with Gasteiger partial charge in [0.25, 0.3) is 0 Å². The molecule has 1 aromatic rings. The Labute approximate surface area is 103 Å². The summed E-state index contributed by atoms with van der Waals surface area (Å²) in [7, 11) is 0. The first-order valence-corrected chi connectivity index (χ1v) is 6.32. The van der Waals surface area contributed by atoms with Gasteiger partial charge in [0.2, 0.25) is 0 Å². The van der Waals surface area contributed by atoms with Crippen LogP contribution in [-0.2, 0) is 6.54 Å². The van der Waals surface area contributed by atoms with Gasteiger partial charge in [-0.25, -0.2) is 4.98 Å². The van der Waals surface area contributed by atoms with Crippen LogP contribution in [0, 0.1) is 0 Å². The Morgan fingerprint density at radius 3 is 3.00 bits per heavy atom. The molecule has 17 heavy (non-hydrogen) atoms. The summed E-state index contributed by atoms with van der Waals surface area (Å²) in [6, 6.07) is 0. The number of nitrogens with one attached hydrogen (secondary N) is 1. The van der Waals surface area contributed by atoms with E-state index in [0.717, 1.165) is 26.1 Å². The van der Waals surface area contributed by atoms with Crippen LogP contribution in [-0.4, -0.2) is 28.6 Å². The molecule has 0 atom stereocenters. The van der Waals surface area contributed by atoms with Crippen LogP contribution < -0.4 is 11.1 Å². The Bertz CT molecular complexity index is 305. The lowest BCUT2D eigenvalue weighted by Gasteiger charge is -2.06. The summed E-state index contributed by atoms with van der Waals surface area (Å²) in [6.45, 7) is 4.66. The summed E-state index contributed by atoms with van der Waals surface area (Å²) in [5.74, 6) is 0.543. The van der Waals surface area contributed by atoms with Gasteiger partial charge in [-0.05, 0) is 6.42 Å². The van der Waals surface area contributed by atoms with E-state index in [9.17, 15) is 0 Å². The van der Waals surface area contributed by atoms with Crippen molar-refractivity contribution in [2.45, 2.75) is 39.2 Å². The molecule has 0 unspecified atom stereocenters. The van der Waals surface area contributed by atoms with Crippen LogP contribution >= 0.6 is 0 Å². The van der Waals surface area contributed by atoms with Gasteiger partial charge in [0.15, 0.2) is 5.96 Å². The van der Waals surface area contributed by atoms with E-state index in [0.29, 0.717) is 5.96 Å². The lowest BCUT2D eigenvalue weighted by atomic mass is 10.2. The minimum Gasteiger partial charge on any atom is -0.370 e. The van der Waals surface area contributed by atoms with E-state index in [1.165, 1.54) is 19.3 Å². The molecule has 96 valence electrons. The number of guanidine groups is 1. The maximum Gasteiger partial charge on any atom is 0.188 e. The van der Waals surface area contributed by atoms with E-state index in [1.807, 2.05) is 10.8 Å². The molecule has 1 aromatic heterocycles. The van der Waals surface area contributed by atoms with Crippen molar-refractivity contribution in [1.29, 1.82) is 0 Å². The third kappa shape index (κ3) is 6.60. The highest BCUT2D eigenvalue weighted by molar-refractivity contribution is 5.77. The average Bonchev–Trinajstić information content (AvgIpc) is 2.82. The molecule has 0 saturated heterocycles. The van der Waals surface area contributed by atoms with Gasteiger partial charge in [-0.3, -0.25) is 4.99 Å². The average molecular weight is 237 g/mol. The van der Waals surface area contributed by atoms with Gasteiger partial charge in [0, 0.05) is 32.0 Å².